The summed E-state index contributed by atoms with van der Waals surface area (Å²) in [7, 11) is 0. The van der Waals surface area contributed by atoms with Gasteiger partial charge in [0.25, 0.3) is 0 Å². The van der Waals surface area contributed by atoms with Gasteiger partial charge in [0.2, 0.25) is 5.91 Å². The van der Waals surface area contributed by atoms with Crippen LogP contribution in [0.15, 0.2) is 4.99 Å². The van der Waals surface area contributed by atoms with Crippen molar-refractivity contribution in [3.05, 3.63) is 0 Å². The zero-order valence-corrected chi connectivity index (χ0v) is 17.6. The van der Waals surface area contributed by atoms with E-state index in [1.165, 1.54) is 32.2 Å². The number of halogens is 1. The molecule has 2 rings (SSSR count). The fourth-order valence-electron chi connectivity index (χ4n) is 3.37. The third kappa shape index (κ3) is 6.06. The maximum absolute atomic E-state index is 11.4. The minimum absolute atomic E-state index is 0. The van der Waals surface area contributed by atoms with Gasteiger partial charge in [-0.2, -0.15) is 0 Å². The average molecular weight is 451 g/mol. The number of nitrogens with two attached hydrogens (primary N) is 1. The second-order valence-corrected chi connectivity index (χ2v) is 7.51. The zero-order valence-electron chi connectivity index (χ0n) is 15.3. The van der Waals surface area contributed by atoms with Crippen LogP contribution >= 0.6 is 24.0 Å². The molecule has 0 bridgehead atoms. The molecule has 0 aromatic rings. The number of aliphatic imine (C=N–C) groups is 1. The topological polar surface area (TPSA) is 82.7 Å². The molecule has 1 saturated carbocycles. The summed E-state index contributed by atoms with van der Waals surface area (Å²) in [6.45, 7) is 9.19. The Morgan fingerprint density at radius 1 is 1.29 bits per heavy atom. The lowest BCUT2D eigenvalue weighted by atomic mass is 9.93. The number of nitrogens with zero attached hydrogens (tertiary/aromatic N) is 2. The van der Waals surface area contributed by atoms with Crippen LogP contribution in [0.25, 0.3) is 0 Å². The molecular formula is C17H34IN5O. The molecule has 1 aliphatic heterocycles. The normalized spacial score (nSPS) is 23.1. The lowest BCUT2D eigenvalue weighted by Crippen LogP contribution is -2.46. The highest BCUT2D eigenvalue weighted by molar-refractivity contribution is 14.0. The lowest BCUT2D eigenvalue weighted by Gasteiger charge is -2.24. The molecule has 2 fully saturated rings. The van der Waals surface area contributed by atoms with E-state index < -0.39 is 5.41 Å². The fourth-order valence-corrected chi connectivity index (χ4v) is 3.37. The van der Waals surface area contributed by atoms with Gasteiger partial charge in [-0.15, -0.1) is 24.0 Å². The molecule has 1 unspecified atom stereocenters. The molecule has 1 heterocycles. The second-order valence-electron chi connectivity index (χ2n) is 7.51. The first kappa shape index (κ1) is 21.5. The quantitative estimate of drug-likeness (QED) is 0.326. The maximum Gasteiger partial charge on any atom is 0.224 e. The zero-order chi connectivity index (χ0) is 16.9. The summed E-state index contributed by atoms with van der Waals surface area (Å²) >= 11 is 0. The van der Waals surface area contributed by atoms with Crippen molar-refractivity contribution in [2.75, 3.05) is 26.2 Å². The third-order valence-corrected chi connectivity index (χ3v) is 5.05. The van der Waals surface area contributed by atoms with E-state index in [1.54, 1.807) is 0 Å². The van der Waals surface area contributed by atoms with Gasteiger partial charge in [-0.05, 0) is 40.0 Å². The van der Waals surface area contributed by atoms with Crippen molar-refractivity contribution >= 4 is 35.8 Å². The Morgan fingerprint density at radius 2 is 1.96 bits per heavy atom. The summed E-state index contributed by atoms with van der Waals surface area (Å²) in [5.74, 6) is 0.477. The monoisotopic (exact) mass is 451 g/mol. The lowest BCUT2D eigenvalue weighted by molar-refractivity contribution is -0.125. The molecule has 0 radical (unpaired) electrons. The summed E-state index contributed by atoms with van der Waals surface area (Å²) in [5.41, 5.74) is 4.81. The molecule has 1 amide bonds. The summed E-state index contributed by atoms with van der Waals surface area (Å²) in [4.78, 5) is 18.6. The van der Waals surface area contributed by atoms with Crippen molar-refractivity contribution in [2.45, 2.75) is 65.0 Å². The molecule has 1 aliphatic carbocycles. The van der Waals surface area contributed by atoms with Gasteiger partial charge in [0.05, 0.1) is 12.0 Å². The number of amides is 1. The van der Waals surface area contributed by atoms with Crippen LogP contribution in [-0.2, 0) is 4.79 Å². The maximum atomic E-state index is 11.4. The molecule has 0 aromatic carbocycles. The van der Waals surface area contributed by atoms with Crippen LogP contribution < -0.4 is 16.4 Å². The Balaban J connectivity index is 0.00000288. The number of hydrogen-bond donors (Lipinski definition) is 3. The average Bonchev–Trinajstić information content (AvgIpc) is 3.15. The Morgan fingerprint density at radius 3 is 2.54 bits per heavy atom. The molecular weight excluding hydrogens is 417 g/mol. The first-order valence-corrected chi connectivity index (χ1v) is 9.01. The molecule has 24 heavy (non-hydrogen) atoms. The first-order valence-electron chi connectivity index (χ1n) is 9.01. The standard InChI is InChI=1S/C17H33N5O.HI/c1-4-19-16(20-12-17(2,3)15(18)23)21-13-9-10-22(11-13)14-7-5-6-8-14;/h13-14H,4-12H2,1-3H3,(H2,18,23)(H2,19,20,21);1H. The number of guanidine groups is 1. The number of primary amides is 1. The largest absolute Gasteiger partial charge is 0.369 e. The van der Waals surface area contributed by atoms with Gasteiger partial charge in [-0.1, -0.05) is 12.8 Å². The number of likely N-dealkylation sites (tertiary alicyclic amines) is 1. The van der Waals surface area contributed by atoms with Gasteiger partial charge in [-0.3, -0.25) is 14.7 Å². The molecule has 1 atom stereocenters. The van der Waals surface area contributed by atoms with Gasteiger partial charge >= 0.3 is 0 Å². The smallest absolute Gasteiger partial charge is 0.224 e. The van der Waals surface area contributed by atoms with E-state index in [0.717, 1.165) is 31.5 Å². The summed E-state index contributed by atoms with van der Waals surface area (Å²) in [6, 6.07) is 1.22. The van der Waals surface area contributed by atoms with E-state index >= 15 is 0 Å². The van der Waals surface area contributed by atoms with Gasteiger partial charge in [0.15, 0.2) is 5.96 Å². The molecule has 0 spiro atoms. The summed E-state index contributed by atoms with van der Waals surface area (Å²) < 4.78 is 0. The van der Waals surface area contributed by atoms with Crippen LogP contribution in [0.4, 0.5) is 0 Å². The fraction of sp³-hybridized carbons (Fsp3) is 0.882. The van der Waals surface area contributed by atoms with E-state index in [-0.39, 0.29) is 29.9 Å². The minimum atomic E-state index is -0.617. The molecule has 4 N–H and O–H groups in total. The highest BCUT2D eigenvalue weighted by Crippen LogP contribution is 2.26. The molecule has 0 aromatic heterocycles. The highest BCUT2D eigenvalue weighted by atomic mass is 127. The number of rotatable bonds is 6. The van der Waals surface area contributed by atoms with Crippen molar-refractivity contribution in [3.8, 4) is 0 Å². The van der Waals surface area contributed by atoms with Crippen LogP contribution in [-0.4, -0.2) is 55.0 Å². The summed E-state index contributed by atoms with van der Waals surface area (Å²) in [5, 5.41) is 6.80. The Labute approximate surface area is 163 Å². The SMILES string of the molecule is CCNC(=NCC(C)(C)C(N)=O)NC1CCN(C2CCCC2)C1.I. The van der Waals surface area contributed by atoms with Crippen molar-refractivity contribution in [1.82, 2.24) is 15.5 Å². The van der Waals surface area contributed by atoms with Gasteiger partial charge in [0, 0.05) is 31.7 Å². The van der Waals surface area contributed by atoms with Crippen LogP contribution in [0.5, 0.6) is 0 Å². The number of carbonyl (C=O) groups is 1. The van der Waals surface area contributed by atoms with Crippen LogP contribution in [0.3, 0.4) is 0 Å². The van der Waals surface area contributed by atoms with Crippen molar-refractivity contribution in [2.24, 2.45) is 16.1 Å². The van der Waals surface area contributed by atoms with Gasteiger partial charge < -0.3 is 16.4 Å². The van der Waals surface area contributed by atoms with Gasteiger partial charge in [-0.25, -0.2) is 0 Å². The predicted octanol–water partition coefficient (Wildman–Crippen LogP) is 1.69. The van der Waals surface area contributed by atoms with E-state index in [4.69, 9.17) is 5.73 Å². The minimum Gasteiger partial charge on any atom is -0.369 e. The molecule has 6 nitrogen and oxygen atoms in total. The molecule has 7 heteroatoms. The Hall–Kier alpha value is -0.570. The third-order valence-electron chi connectivity index (χ3n) is 5.05. The van der Waals surface area contributed by atoms with E-state index in [2.05, 4.69) is 27.4 Å². The summed E-state index contributed by atoms with van der Waals surface area (Å²) in [6.07, 6.45) is 6.62. The Kier molecular flexibility index (Phi) is 8.76. The van der Waals surface area contributed by atoms with Crippen molar-refractivity contribution in [1.29, 1.82) is 0 Å². The predicted molar refractivity (Wildman–Crippen MR) is 110 cm³/mol. The van der Waals surface area contributed by atoms with Crippen molar-refractivity contribution in [3.63, 3.8) is 0 Å². The number of hydrogen-bond acceptors (Lipinski definition) is 3. The molecule has 140 valence electrons. The van der Waals surface area contributed by atoms with E-state index in [9.17, 15) is 4.79 Å². The number of nitrogens with one attached hydrogen (secondary N) is 2. The van der Waals surface area contributed by atoms with Crippen LogP contribution in [0.1, 0.15) is 52.9 Å². The van der Waals surface area contributed by atoms with Crippen LogP contribution in [0.2, 0.25) is 0 Å². The Bertz CT molecular complexity index is 435. The number of carbonyl (C=O) groups excluding carboxylic acids is 1. The van der Waals surface area contributed by atoms with E-state index in [0.29, 0.717) is 12.6 Å². The first-order chi connectivity index (χ1) is 10.9. The highest BCUT2D eigenvalue weighted by Gasteiger charge is 2.30. The second kappa shape index (κ2) is 9.79. The van der Waals surface area contributed by atoms with Crippen molar-refractivity contribution < 1.29 is 4.79 Å². The van der Waals surface area contributed by atoms with Crippen LogP contribution in [0, 0.1) is 5.41 Å². The van der Waals surface area contributed by atoms with Gasteiger partial charge in [0.1, 0.15) is 0 Å². The molecule has 2 aliphatic rings. The van der Waals surface area contributed by atoms with E-state index in [1.807, 2.05) is 13.8 Å². The molecule has 1 saturated heterocycles.